The minimum atomic E-state index is -2.55. The third-order valence-electron chi connectivity index (χ3n) is 1.56. The van der Waals surface area contributed by atoms with Gasteiger partial charge in [-0.2, -0.15) is 9.36 Å². The van der Waals surface area contributed by atoms with Crippen LogP contribution in [0.2, 0.25) is 0 Å². The summed E-state index contributed by atoms with van der Waals surface area (Å²) in [6.07, 6.45) is -0.747. The molecule has 0 bridgehead atoms. The number of carbonyl (C=O) groups excluding carboxylic acids is 1. The van der Waals surface area contributed by atoms with Crippen LogP contribution in [0, 0.1) is 0 Å². The number of rotatable bonds is 4. The molecule has 1 heterocycles. The van der Waals surface area contributed by atoms with E-state index in [1.807, 2.05) is 0 Å². The topological polar surface area (TPSA) is 58.1 Å². The molecule has 90 valence electrons. The fraction of sp³-hybridized carbons (Fsp3) is 0.571. The Morgan fingerprint density at radius 3 is 2.88 bits per heavy atom. The molecule has 0 fully saturated rings. The van der Waals surface area contributed by atoms with E-state index in [9.17, 15) is 13.6 Å². The molecule has 1 aromatic heterocycles. The Hall–Kier alpha value is -0.960. The molecule has 0 spiro atoms. The number of thioether (sulfide) groups is 1. The SMILES string of the molecule is CSc1nsc(NC(=O)N(C)CC(F)F)n1. The predicted octanol–water partition coefficient (Wildman–Crippen LogP) is 1.99. The van der Waals surface area contributed by atoms with Gasteiger partial charge in [-0.25, -0.2) is 13.6 Å². The van der Waals surface area contributed by atoms with Crippen LogP contribution in [0.3, 0.4) is 0 Å². The smallest absolute Gasteiger partial charge is 0.322 e. The van der Waals surface area contributed by atoms with Crippen molar-refractivity contribution in [3.8, 4) is 0 Å². The van der Waals surface area contributed by atoms with Crippen molar-refractivity contribution >= 4 is 34.5 Å². The van der Waals surface area contributed by atoms with Crippen molar-refractivity contribution in [3.63, 3.8) is 0 Å². The number of hydrogen-bond donors (Lipinski definition) is 1. The number of urea groups is 1. The Kier molecular flexibility index (Phi) is 4.87. The molecule has 5 nitrogen and oxygen atoms in total. The highest BCUT2D eigenvalue weighted by Gasteiger charge is 2.15. The van der Waals surface area contributed by atoms with E-state index in [4.69, 9.17) is 0 Å². The summed E-state index contributed by atoms with van der Waals surface area (Å²) in [5, 5.41) is 3.23. The Bertz CT molecular complexity index is 360. The largest absolute Gasteiger partial charge is 0.323 e. The van der Waals surface area contributed by atoms with Gasteiger partial charge in [-0.1, -0.05) is 11.8 Å². The van der Waals surface area contributed by atoms with E-state index >= 15 is 0 Å². The van der Waals surface area contributed by atoms with Gasteiger partial charge in [-0.3, -0.25) is 5.32 Å². The molecule has 1 N–H and O–H groups in total. The first-order valence-electron chi connectivity index (χ1n) is 4.21. The zero-order chi connectivity index (χ0) is 12.1. The first kappa shape index (κ1) is 13.1. The van der Waals surface area contributed by atoms with E-state index in [2.05, 4.69) is 14.7 Å². The fourth-order valence-corrected chi connectivity index (χ4v) is 1.94. The number of amides is 2. The summed E-state index contributed by atoms with van der Waals surface area (Å²) in [6.45, 7) is -0.611. The summed E-state index contributed by atoms with van der Waals surface area (Å²) in [7, 11) is 1.29. The van der Waals surface area contributed by atoms with Crippen molar-refractivity contribution in [2.75, 3.05) is 25.2 Å². The zero-order valence-electron chi connectivity index (χ0n) is 8.61. The van der Waals surface area contributed by atoms with Crippen LogP contribution in [-0.2, 0) is 0 Å². The maximum atomic E-state index is 12.0. The molecule has 9 heteroatoms. The second kappa shape index (κ2) is 5.94. The summed E-state index contributed by atoms with van der Waals surface area (Å²) < 4.78 is 27.9. The van der Waals surface area contributed by atoms with Crippen LogP contribution < -0.4 is 5.32 Å². The van der Waals surface area contributed by atoms with Crippen molar-refractivity contribution in [2.45, 2.75) is 11.6 Å². The van der Waals surface area contributed by atoms with Crippen LogP contribution in [0.4, 0.5) is 18.7 Å². The van der Waals surface area contributed by atoms with Gasteiger partial charge in [0.15, 0.2) is 0 Å². The molecule has 0 atom stereocenters. The summed E-state index contributed by atoms with van der Waals surface area (Å²) in [6, 6.07) is -0.621. The van der Waals surface area contributed by atoms with Crippen LogP contribution in [0.25, 0.3) is 0 Å². The lowest BCUT2D eigenvalue weighted by Crippen LogP contribution is -2.34. The molecule has 0 aliphatic heterocycles. The molecule has 0 aliphatic rings. The number of nitrogens with zero attached hydrogens (tertiary/aromatic N) is 3. The average Bonchev–Trinajstić information content (AvgIpc) is 2.64. The van der Waals surface area contributed by atoms with Gasteiger partial charge in [0.1, 0.15) is 0 Å². The lowest BCUT2D eigenvalue weighted by Gasteiger charge is -2.15. The van der Waals surface area contributed by atoms with E-state index in [0.29, 0.717) is 10.3 Å². The first-order chi connectivity index (χ1) is 7.52. The summed E-state index contributed by atoms with van der Waals surface area (Å²) in [4.78, 5) is 16.2. The fourth-order valence-electron chi connectivity index (χ4n) is 0.820. The van der Waals surface area contributed by atoms with Crippen molar-refractivity contribution in [3.05, 3.63) is 0 Å². The molecule has 0 saturated carbocycles. The third-order valence-corrected chi connectivity index (χ3v) is 2.86. The third kappa shape index (κ3) is 3.89. The number of hydrogen-bond acceptors (Lipinski definition) is 5. The molecule has 0 radical (unpaired) electrons. The molecule has 16 heavy (non-hydrogen) atoms. The predicted molar refractivity (Wildman–Crippen MR) is 59.3 cm³/mol. The molecular weight excluding hydrogens is 258 g/mol. The number of alkyl halides is 2. The van der Waals surface area contributed by atoms with Crippen molar-refractivity contribution in [2.24, 2.45) is 0 Å². The quantitative estimate of drug-likeness (QED) is 0.848. The molecule has 0 saturated heterocycles. The van der Waals surface area contributed by atoms with Gasteiger partial charge in [0.2, 0.25) is 10.3 Å². The number of nitrogens with one attached hydrogen (secondary N) is 1. The number of anilines is 1. The molecule has 0 unspecified atom stereocenters. The molecule has 2 amide bonds. The molecule has 1 rings (SSSR count). The molecule has 0 aromatic carbocycles. The van der Waals surface area contributed by atoms with Gasteiger partial charge in [0, 0.05) is 18.6 Å². The molecule has 1 aromatic rings. The first-order valence-corrected chi connectivity index (χ1v) is 6.20. The van der Waals surface area contributed by atoms with Crippen LogP contribution in [0.5, 0.6) is 0 Å². The van der Waals surface area contributed by atoms with Gasteiger partial charge in [-0.15, -0.1) is 0 Å². The highest BCUT2D eigenvalue weighted by molar-refractivity contribution is 7.98. The standard InChI is InChI=1S/C7H10F2N4OS2/c1-13(3-4(8)9)7(14)11-5-10-6(15-2)12-16-5/h4H,3H2,1-2H3,(H,10,11,12,14). The van der Waals surface area contributed by atoms with E-state index in [-0.39, 0.29) is 0 Å². The summed E-state index contributed by atoms with van der Waals surface area (Å²) >= 11 is 2.35. The van der Waals surface area contributed by atoms with Crippen LogP contribution in [0.1, 0.15) is 0 Å². The van der Waals surface area contributed by atoms with Crippen molar-refractivity contribution in [1.29, 1.82) is 0 Å². The Morgan fingerprint density at radius 1 is 1.69 bits per heavy atom. The second-order valence-electron chi connectivity index (χ2n) is 2.79. The second-order valence-corrected chi connectivity index (χ2v) is 4.31. The van der Waals surface area contributed by atoms with Gasteiger partial charge in [0.25, 0.3) is 6.43 Å². The number of aromatic nitrogens is 2. The minimum Gasteiger partial charge on any atom is -0.322 e. The summed E-state index contributed by atoms with van der Waals surface area (Å²) in [5.41, 5.74) is 0. The van der Waals surface area contributed by atoms with E-state index in [1.165, 1.54) is 18.8 Å². The van der Waals surface area contributed by atoms with Gasteiger partial charge < -0.3 is 4.90 Å². The minimum absolute atomic E-state index is 0.301. The lowest BCUT2D eigenvalue weighted by molar-refractivity contribution is 0.111. The number of carbonyl (C=O) groups is 1. The van der Waals surface area contributed by atoms with Crippen LogP contribution in [-0.4, -0.2) is 46.6 Å². The van der Waals surface area contributed by atoms with Crippen molar-refractivity contribution < 1.29 is 13.6 Å². The van der Waals surface area contributed by atoms with Crippen molar-refractivity contribution in [1.82, 2.24) is 14.3 Å². The highest BCUT2D eigenvalue weighted by Crippen LogP contribution is 2.17. The molecule has 0 aliphatic carbocycles. The Labute approximate surface area is 99.4 Å². The molecular formula is C7H10F2N4OS2. The van der Waals surface area contributed by atoms with E-state index in [0.717, 1.165) is 16.4 Å². The van der Waals surface area contributed by atoms with Gasteiger partial charge >= 0.3 is 6.03 Å². The van der Waals surface area contributed by atoms with Crippen LogP contribution in [0.15, 0.2) is 5.16 Å². The van der Waals surface area contributed by atoms with E-state index < -0.39 is 19.0 Å². The van der Waals surface area contributed by atoms with E-state index in [1.54, 1.807) is 6.26 Å². The Morgan fingerprint density at radius 2 is 2.38 bits per heavy atom. The summed E-state index contributed by atoms with van der Waals surface area (Å²) in [5.74, 6) is 0. The maximum Gasteiger partial charge on any atom is 0.323 e. The average molecular weight is 268 g/mol. The normalized spacial score (nSPS) is 10.6. The number of halogens is 2. The zero-order valence-corrected chi connectivity index (χ0v) is 10.2. The van der Waals surface area contributed by atoms with Crippen LogP contribution >= 0.6 is 23.3 Å². The lowest BCUT2D eigenvalue weighted by atomic mass is 10.6. The highest BCUT2D eigenvalue weighted by atomic mass is 32.2. The monoisotopic (exact) mass is 268 g/mol. The van der Waals surface area contributed by atoms with Gasteiger partial charge in [0.05, 0.1) is 6.54 Å². The van der Waals surface area contributed by atoms with Gasteiger partial charge in [-0.05, 0) is 6.26 Å². The Balaban J connectivity index is 2.50. The maximum absolute atomic E-state index is 12.0.